The van der Waals surface area contributed by atoms with Crippen molar-refractivity contribution in [2.45, 2.75) is 0 Å². The molecule has 8 heterocycles. The van der Waals surface area contributed by atoms with Gasteiger partial charge in [-0.3, -0.25) is 13.7 Å². The Hall–Kier alpha value is -15.2. The third-order valence-electron chi connectivity index (χ3n) is 21.6. The van der Waals surface area contributed by atoms with Crippen molar-refractivity contribution >= 4 is 154 Å². The fourth-order valence-electron chi connectivity index (χ4n) is 15.6. The van der Waals surface area contributed by atoms with E-state index in [9.17, 15) is 5.02 Å². The second-order valence-corrected chi connectivity index (χ2v) is 32.5. The van der Waals surface area contributed by atoms with Gasteiger partial charge in [0.25, 0.3) is 0 Å². The standard InChI is InChI=1S/C28H19BN3O.C28H18BrN3.C28H19N3.C16H11ClN2.C6H6BO.C4HCl3N2/c33-29-21-15-16-27-23(17-21)22-13-7-8-14-26(22)32(27)28-30-24(19-9-3-1-4-10-19)18-25(31-28)20-11-5-2-6-12-20;29-21-15-16-27-23(17-21)22-13-7-8-14-26(22)32(27)28-30-24(19-9-3-1-4-10-19)18-25(31-28)20-11-5-2-6-12-20;1-3-11-20(12-4-1)24-19-25(21-13-5-2-6-14-21)30-28(29-24)31-26-17-9-7-15-22(26)23-16-8-10-18-27(23)31;17-16-18-14(12-7-3-1-4-8-12)11-15(19-16)13-9-5-2-6-10-13;8-7-6-4-2-1-3-5-6;5-2-1-3(6)9-4(7)8-2/h1-18,33H;1-18H;1-19H;1-11H;1-5,8H;1H. The first-order chi connectivity index (χ1) is 64.9. The number of rotatable bonds is 13. The molecule has 0 aliphatic carbocycles. The van der Waals surface area contributed by atoms with Crippen LogP contribution >= 0.6 is 62.3 Å². The molecule has 8 aromatic heterocycles. The number of benzene rings is 15. The summed E-state index contributed by atoms with van der Waals surface area (Å²) >= 11 is 25.9. The minimum absolute atomic E-state index is 0.0625. The van der Waals surface area contributed by atoms with Crippen LogP contribution in [0.2, 0.25) is 20.9 Å². The van der Waals surface area contributed by atoms with Crippen LogP contribution in [0, 0.1) is 0 Å². The van der Waals surface area contributed by atoms with Gasteiger partial charge in [0, 0.05) is 87.4 Å². The lowest BCUT2D eigenvalue weighted by Crippen LogP contribution is -2.12. The average molecular weight is 1850 g/mol. The van der Waals surface area contributed by atoms with E-state index in [4.69, 9.17) is 81.3 Å². The van der Waals surface area contributed by atoms with E-state index in [0.29, 0.717) is 17.8 Å². The Morgan fingerprint density at radius 3 is 0.682 bits per heavy atom. The minimum atomic E-state index is 0.0625. The third kappa shape index (κ3) is 20.3. The maximum absolute atomic E-state index is 9.56. The van der Waals surface area contributed by atoms with E-state index in [1.807, 2.05) is 243 Å². The second kappa shape index (κ2) is 41.5. The molecule has 22 heteroatoms. The van der Waals surface area contributed by atoms with Gasteiger partial charge in [-0.2, -0.15) is 0 Å². The average Bonchev–Trinajstić information content (AvgIpc) is 1.60. The normalized spacial score (nSPS) is 10.8. The van der Waals surface area contributed by atoms with Gasteiger partial charge in [-0.1, -0.05) is 408 Å². The molecular weight excluding hydrogens is 1780 g/mol. The fraction of sp³-hybridized carbons (Fsp3) is 0. The van der Waals surface area contributed by atoms with E-state index in [-0.39, 0.29) is 20.9 Å². The van der Waals surface area contributed by atoms with E-state index in [1.54, 1.807) is 0 Å². The van der Waals surface area contributed by atoms with Crippen molar-refractivity contribution in [3.05, 3.63) is 462 Å². The predicted molar refractivity (Wildman–Crippen MR) is 546 cm³/mol. The number of fused-ring (bicyclic) bond motifs is 9. The van der Waals surface area contributed by atoms with Gasteiger partial charge in [-0.05, 0) is 96.0 Å². The second-order valence-electron chi connectivity index (χ2n) is 30.1. The maximum Gasteiger partial charge on any atom is 0.326 e. The lowest BCUT2D eigenvalue weighted by atomic mass is 9.88. The largest absolute Gasteiger partial charge is 0.450 e. The molecule has 0 fully saturated rings. The Kier molecular flexibility index (Phi) is 27.5. The van der Waals surface area contributed by atoms with Crippen molar-refractivity contribution in [3.63, 3.8) is 0 Å². The van der Waals surface area contributed by atoms with Crippen molar-refractivity contribution < 1.29 is 10.0 Å². The van der Waals surface area contributed by atoms with E-state index in [1.165, 1.54) is 27.6 Å². The van der Waals surface area contributed by atoms with Gasteiger partial charge in [-0.25, -0.2) is 49.8 Å². The topological polar surface area (TPSA) is 184 Å². The maximum atomic E-state index is 9.56. The zero-order valence-corrected chi connectivity index (χ0v) is 74.9. The van der Waals surface area contributed by atoms with Crippen molar-refractivity contribution in [1.82, 2.24) is 63.5 Å². The van der Waals surface area contributed by atoms with Crippen LogP contribution in [0.3, 0.4) is 0 Å². The molecule has 0 saturated heterocycles. The molecule has 0 spiro atoms. The van der Waals surface area contributed by atoms with Crippen molar-refractivity contribution in [2.24, 2.45) is 0 Å². The molecule has 0 unspecified atom stereocenters. The Labute approximate surface area is 791 Å². The molecule has 0 bridgehead atoms. The molecule has 0 saturated carbocycles. The van der Waals surface area contributed by atoms with Crippen LogP contribution in [0.15, 0.2) is 441 Å². The van der Waals surface area contributed by atoms with Crippen molar-refractivity contribution in [2.75, 3.05) is 0 Å². The molecule has 0 atom stereocenters. The van der Waals surface area contributed by atoms with Crippen molar-refractivity contribution in [3.8, 4) is 108 Å². The number of aromatic nitrogens is 13. The van der Waals surface area contributed by atoms with Gasteiger partial charge < -0.3 is 10.0 Å². The summed E-state index contributed by atoms with van der Waals surface area (Å²) in [5, 5.41) is 25.7. The first-order valence-corrected chi connectivity index (χ1v) is 44.4. The highest BCUT2D eigenvalue weighted by molar-refractivity contribution is 9.10. The first-order valence-electron chi connectivity index (χ1n) is 42.1. The Bertz CT molecular complexity index is 7600. The summed E-state index contributed by atoms with van der Waals surface area (Å²) in [6.07, 6.45) is 0. The van der Waals surface area contributed by atoms with Crippen molar-refractivity contribution in [1.29, 1.82) is 0 Å². The molecule has 0 aliphatic rings. The van der Waals surface area contributed by atoms with Crippen LogP contribution in [0.4, 0.5) is 0 Å². The third-order valence-corrected chi connectivity index (χ3v) is 22.9. The van der Waals surface area contributed by atoms with E-state index in [0.717, 1.165) is 164 Å². The van der Waals surface area contributed by atoms with Gasteiger partial charge in [0.05, 0.1) is 78.7 Å². The molecule has 15 aromatic carbocycles. The van der Waals surface area contributed by atoms with Crippen LogP contribution in [-0.2, 0) is 0 Å². The Balaban J connectivity index is 0.000000112. The summed E-state index contributed by atoms with van der Waals surface area (Å²) in [5.74, 6) is 1.96. The number of hydrogen-bond acceptors (Lipinski definition) is 12. The molecule has 632 valence electrons. The summed E-state index contributed by atoms with van der Waals surface area (Å²) in [7, 11) is 2.21. The Morgan fingerprint density at radius 1 is 0.197 bits per heavy atom. The Morgan fingerprint density at radius 2 is 0.417 bits per heavy atom. The smallest absolute Gasteiger partial charge is 0.326 e. The van der Waals surface area contributed by atoms with Gasteiger partial charge in [0.2, 0.25) is 28.4 Å². The zero-order chi connectivity index (χ0) is 90.1. The molecule has 132 heavy (non-hydrogen) atoms. The lowest BCUT2D eigenvalue weighted by molar-refractivity contribution is 0.615. The number of nitrogens with zero attached hydrogens (tertiary/aromatic N) is 13. The van der Waals surface area contributed by atoms with Crippen LogP contribution < -0.4 is 10.9 Å². The first kappa shape index (κ1) is 87.5. The zero-order valence-electron chi connectivity index (χ0n) is 70.3. The highest BCUT2D eigenvalue weighted by Crippen LogP contribution is 2.39. The van der Waals surface area contributed by atoms with E-state index in [2.05, 4.69) is 238 Å². The molecule has 23 rings (SSSR count). The molecular formula is C110H74B2BrCl4N13O2. The molecule has 0 amide bonds. The monoisotopic (exact) mass is 1850 g/mol. The summed E-state index contributed by atoms with van der Waals surface area (Å²) in [6, 6.07) is 146. The van der Waals surface area contributed by atoms with Gasteiger partial charge >= 0.3 is 15.0 Å². The highest BCUT2D eigenvalue weighted by atomic mass is 79.9. The molecule has 23 aromatic rings. The fourth-order valence-corrected chi connectivity index (χ4v) is 16.8. The molecule has 15 nitrogen and oxygen atoms in total. The highest BCUT2D eigenvalue weighted by Gasteiger charge is 2.22. The number of hydrogen-bond donors (Lipinski definition) is 2. The quantitative estimate of drug-likeness (QED) is 0.0633. The minimum Gasteiger partial charge on any atom is -0.450 e. The van der Waals surface area contributed by atoms with Crippen LogP contribution in [-0.4, -0.2) is 88.6 Å². The van der Waals surface area contributed by atoms with E-state index < -0.39 is 0 Å². The predicted octanol–water partition coefficient (Wildman–Crippen LogP) is 26.5. The van der Waals surface area contributed by atoms with Gasteiger partial charge in [0.1, 0.15) is 10.3 Å². The summed E-state index contributed by atoms with van der Waals surface area (Å²) in [6.45, 7) is 0. The SMILES string of the molecule is Brc1ccc2c(c1)c1ccccc1n2-c1nc(-c2ccccc2)cc(-c2ccccc2)n1.Clc1cc(Cl)nc(Cl)n1.Clc1nc(-c2ccccc2)cc(-c2ccccc2)n1.O[B]c1ccc2c(c1)c1ccccc1n2-c1nc(-c2ccccc2)cc(-c2ccccc2)n1.O[B]c1ccccc1.c1ccc(-c2cc(-c3ccccc3)nc(-n3c4ccccc4c4ccccc43)n2)cc1. The summed E-state index contributed by atoms with van der Waals surface area (Å²) in [4.78, 5) is 45.8. The number of halogens is 5. The molecule has 0 aliphatic heterocycles. The summed E-state index contributed by atoms with van der Waals surface area (Å²) < 4.78 is 7.49. The van der Waals surface area contributed by atoms with Crippen LogP contribution in [0.25, 0.3) is 173 Å². The van der Waals surface area contributed by atoms with E-state index >= 15 is 0 Å². The van der Waals surface area contributed by atoms with Crippen LogP contribution in [0.1, 0.15) is 0 Å². The molecule has 2 N–H and O–H groups in total. The lowest BCUT2D eigenvalue weighted by Gasteiger charge is -2.11. The van der Waals surface area contributed by atoms with Gasteiger partial charge in [-0.15, -0.1) is 0 Å². The molecule has 2 radical (unpaired) electrons. The summed E-state index contributed by atoms with van der Waals surface area (Å²) in [5.41, 5.74) is 23.4. The number of para-hydroxylation sites is 4. The van der Waals surface area contributed by atoms with Crippen LogP contribution in [0.5, 0.6) is 0 Å². The van der Waals surface area contributed by atoms with Gasteiger partial charge in [0.15, 0.2) is 0 Å².